The molecule has 0 aliphatic carbocycles. The quantitative estimate of drug-likeness (QED) is 0.266. The molecule has 0 N–H and O–H groups in total. The molecule has 2 aromatic carbocycles. The fourth-order valence-electron chi connectivity index (χ4n) is 4.19. The van der Waals surface area contributed by atoms with Crippen molar-refractivity contribution in [2.24, 2.45) is 5.92 Å². The van der Waals surface area contributed by atoms with Crippen LogP contribution in [0.2, 0.25) is 0 Å². The number of nitro benzene ring substituents is 1. The van der Waals surface area contributed by atoms with Crippen molar-refractivity contribution in [3.05, 3.63) is 76.1 Å². The van der Waals surface area contributed by atoms with E-state index in [0.717, 1.165) is 25.3 Å². The van der Waals surface area contributed by atoms with Gasteiger partial charge in [0.15, 0.2) is 5.82 Å². The molecule has 31 heavy (non-hydrogen) atoms. The first-order valence-electron chi connectivity index (χ1n) is 11.0. The monoisotopic (exact) mass is 420 g/mol. The molecule has 0 bridgehead atoms. The van der Waals surface area contributed by atoms with E-state index in [1.54, 1.807) is 12.1 Å². The Morgan fingerprint density at radius 1 is 1.03 bits per heavy atom. The Kier molecular flexibility index (Phi) is 7.04. The molecule has 7 heteroatoms. The van der Waals surface area contributed by atoms with Crippen LogP contribution in [0.1, 0.15) is 43.5 Å². The van der Waals surface area contributed by atoms with E-state index in [1.807, 2.05) is 0 Å². The van der Waals surface area contributed by atoms with E-state index in [4.69, 9.17) is 4.52 Å². The molecule has 0 unspecified atom stereocenters. The summed E-state index contributed by atoms with van der Waals surface area (Å²) in [4.78, 5) is 17.3. The smallest absolute Gasteiger partial charge is 0.269 e. The number of likely N-dealkylation sites (tertiary alicyclic amines) is 1. The van der Waals surface area contributed by atoms with E-state index >= 15 is 0 Å². The molecular weight excluding hydrogens is 392 g/mol. The van der Waals surface area contributed by atoms with E-state index in [2.05, 4.69) is 45.4 Å². The number of hydrogen-bond acceptors (Lipinski definition) is 6. The molecule has 4 rings (SSSR count). The van der Waals surface area contributed by atoms with Gasteiger partial charge >= 0.3 is 0 Å². The van der Waals surface area contributed by atoms with Crippen LogP contribution in [-0.2, 0) is 13.0 Å². The Hall–Kier alpha value is -3.06. The van der Waals surface area contributed by atoms with Crippen LogP contribution < -0.4 is 0 Å². The lowest BCUT2D eigenvalue weighted by molar-refractivity contribution is -0.384. The Bertz CT molecular complexity index is 964. The summed E-state index contributed by atoms with van der Waals surface area (Å²) in [6.07, 6.45) is 6.82. The van der Waals surface area contributed by atoms with Crippen LogP contribution in [0.3, 0.4) is 0 Å². The number of nitro groups is 1. The number of nitrogens with zero attached hydrogens (tertiary/aromatic N) is 4. The van der Waals surface area contributed by atoms with Crippen molar-refractivity contribution in [3.63, 3.8) is 0 Å². The topological polar surface area (TPSA) is 85.3 Å². The summed E-state index contributed by atoms with van der Waals surface area (Å²) in [5, 5.41) is 14.8. The molecule has 2 heterocycles. The lowest BCUT2D eigenvalue weighted by Gasteiger charge is -2.32. The fourth-order valence-corrected chi connectivity index (χ4v) is 4.19. The third-order valence-corrected chi connectivity index (χ3v) is 6.01. The lowest BCUT2D eigenvalue weighted by Crippen LogP contribution is -2.33. The zero-order chi connectivity index (χ0) is 21.5. The largest absolute Gasteiger partial charge is 0.334 e. The van der Waals surface area contributed by atoms with Crippen molar-refractivity contribution in [2.45, 2.75) is 45.1 Å². The molecule has 1 aliphatic rings. The minimum atomic E-state index is -0.420. The van der Waals surface area contributed by atoms with Crippen molar-refractivity contribution in [3.8, 4) is 11.5 Å². The Labute approximate surface area is 182 Å². The van der Waals surface area contributed by atoms with Crippen LogP contribution >= 0.6 is 0 Å². The first-order chi connectivity index (χ1) is 15.2. The number of piperidine rings is 1. The first kappa shape index (κ1) is 21.2. The highest BCUT2D eigenvalue weighted by atomic mass is 16.6. The SMILES string of the molecule is O=[N+]([O-])c1ccc(-c2nc(CCCCC3CCN(Cc4ccccc4)CC3)no2)cc1. The van der Waals surface area contributed by atoms with E-state index in [-0.39, 0.29) is 5.69 Å². The van der Waals surface area contributed by atoms with Gasteiger partial charge in [-0.2, -0.15) is 4.98 Å². The average Bonchev–Trinajstić information content (AvgIpc) is 3.27. The van der Waals surface area contributed by atoms with Crippen LogP contribution in [0, 0.1) is 16.0 Å². The molecule has 3 aromatic rings. The summed E-state index contributed by atoms with van der Waals surface area (Å²) in [5.41, 5.74) is 2.15. The molecule has 0 saturated carbocycles. The molecule has 0 spiro atoms. The van der Waals surface area contributed by atoms with Crippen molar-refractivity contribution in [1.82, 2.24) is 15.0 Å². The van der Waals surface area contributed by atoms with Gasteiger partial charge in [0.1, 0.15) is 0 Å². The molecule has 1 fully saturated rings. The number of benzene rings is 2. The van der Waals surface area contributed by atoms with Crippen molar-refractivity contribution in [1.29, 1.82) is 0 Å². The number of aromatic nitrogens is 2. The second kappa shape index (κ2) is 10.3. The van der Waals surface area contributed by atoms with Crippen LogP contribution in [0.5, 0.6) is 0 Å². The Morgan fingerprint density at radius 2 is 1.77 bits per heavy atom. The first-order valence-corrected chi connectivity index (χ1v) is 11.0. The molecule has 162 valence electrons. The van der Waals surface area contributed by atoms with Gasteiger partial charge in [0.2, 0.25) is 0 Å². The molecule has 0 atom stereocenters. The van der Waals surface area contributed by atoms with Gasteiger partial charge in [-0.05, 0) is 56.0 Å². The Morgan fingerprint density at radius 3 is 2.48 bits per heavy atom. The van der Waals surface area contributed by atoms with E-state index in [0.29, 0.717) is 17.3 Å². The van der Waals surface area contributed by atoms with Gasteiger partial charge in [-0.15, -0.1) is 0 Å². The molecule has 7 nitrogen and oxygen atoms in total. The number of aryl methyl sites for hydroxylation is 1. The minimum Gasteiger partial charge on any atom is -0.334 e. The van der Waals surface area contributed by atoms with Gasteiger partial charge in [0.05, 0.1) is 4.92 Å². The van der Waals surface area contributed by atoms with Crippen molar-refractivity contribution < 1.29 is 9.45 Å². The second-order valence-corrected chi connectivity index (χ2v) is 8.27. The highest BCUT2D eigenvalue weighted by Gasteiger charge is 2.19. The summed E-state index contributed by atoms with van der Waals surface area (Å²) >= 11 is 0. The van der Waals surface area contributed by atoms with Gasteiger partial charge in [-0.25, -0.2) is 0 Å². The van der Waals surface area contributed by atoms with Crippen LogP contribution in [0.4, 0.5) is 5.69 Å². The summed E-state index contributed by atoms with van der Waals surface area (Å²) in [7, 11) is 0. The Balaban J connectivity index is 1.15. The predicted molar refractivity (Wildman–Crippen MR) is 118 cm³/mol. The van der Waals surface area contributed by atoms with Crippen LogP contribution in [0.15, 0.2) is 59.1 Å². The van der Waals surface area contributed by atoms with Gasteiger partial charge in [0.25, 0.3) is 11.6 Å². The van der Waals surface area contributed by atoms with Gasteiger partial charge in [-0.3, -0.25) is 15.0 Å². The van der Waals surface area contributed by atoms with Gasteiger partial charge in [0, 0.05) is 30.7 Å². The van der Waals surface area contributed by atoms with Crippen LogP contribution in [0.25, 0.3) is 11.5 Å². The van der Waals surface area contributed by atoms with Crippen molar-refractivity contribution in [2.75, 3.05) is 13.1 Å². The third kappa shape index (κ3) is 5.98. The highest BCUT2D eigenvalue weighted by molar-refractivity contribution is 5.55. The number of hydrogen-bond donors (Lipinski definition) is 0. The van der Waals surface area contributed by atoms with Crippen molar-refractivity contribution >= 4 is 5.69 Å². The number of non-ortho nitro benzene ring substituents is 1. The molecular formula is C24H28N4O3. The molecule has 0 amide bonds. The summed E-state index contributed by atoms with van der Waals surface area (Å²) < 4.78 is 5.32. The van der Waals surface area contributed by atoms with Gasteiger partial charge in [-0.1, -0.05) is 48.3 Å². The lowest BCUT2D eigenvalue weighted by atomic mass is 9.91. The fraction of sp³-hybridized carbons (Fsp3) is 0.417. The standard InChI is InChI=1S/C24H28N4O3/c29-28(30)22-12-10-21(11-13-22)24-25-23(26-31-24)9-5-4-6-19-14-16-27(17-15-19)18-20-7-2-1-3-8-20/h1-3,7-8,10-13,19H,4-6,9,14-18H2. The molecule has 1 saturated heterocycles. The predicted octanol–water partition coefficient (Wildman–Crippen LogP) is 5.27. The highest BCUT2D eigenvalue weighted by Crippen LogP contribution is 2.25. The normalized spacial score (nSPS) is 15.2. The van der Waals surface area contributed by atoms with E-state index in [1.165, 1.54) is 56.5 Å². The number of rotatable bonds is 9. The van der Waals surface area contributed by atoms with E-state index < -0.39 is 4.92 Å². The average molecular weight is 421 g/mol. The van der Waals surface area contributed by atoms with Gasteiger partial charge < -0.3 is 4.52 Å². The molecule has 0 radical (unpaired) electrons. The summed E-state index contributed by atoms with van der Waals surface area (Å²) in [6, 6.07) is 16.9. The zero-order valence-corrected chi connectivity index (χ0v) is 17.7. The molecule has 1 aromatic heterocycles. The summed E-state index contributed by atoms with van der Waals surface area (Å²) in [5.74, 6) is 1.93. The maximum Gasteiger partial charge on any atom is 0.269 e. The zero-order valence-electron chi connectivity index (χ0n) is 17.7. The van der Waals surface area contributed by atoms with Crippen LogP contribution in [-0.4, -0.2) is 33.1 Å². The second-order valence-electron chi connectivity index (χ2n) is 8.27. The number of unbranched alkanes of at least 4 members (excludes halogenated alkanes) is 1. The third-order valence-electron chi connectivity index (χ3n) is 6.01. The summed E-state index contributed by atoms with van der Waals surface area (Å²) in [6.45, 7) is 3.43. The van der Waals surface area contributed by atoms with E-state index in [9.17, 15) is 10.1 Å². The minimum absolute atomic E-state index is 0.0504. The maximum atomic E-state index is 10.8. The molecule has 1 aliphatic heterocycles. The maximum absolute atomic E-state index is 10.8.